The van der Waals surface area contributed by atoms with Gasteiger partial charge in [0.25, 0.3) is 0 Å². The molecule has 2 rings (SSSR count). The van der Waals surface area contributed by atoms with Crippen molar-refractivity contribution >= 4 is 34.4 Å². The number of carbonyl (C=O) groups is 2. The summed E-state index contributed by atoms with van der Waals surface area (Å²) in [5.41, 5.74) is 0.426. The molecule has 1 heterocycles. The summed E-state index contributed by atoms with van der Waals surface area (Å²) in [7, 11) is 1.45. The average molecular weight is 353 g/mol. The minimum atomic E-state index is -1.26. The van der Waals surface area contributed by atoms with Gasteiger partial charge in [0.1, 0.15) is 11.3 Å². The molecule has 1 aromatic heterocycles. The van der Waals surface area contributed by atoms with Crippen molar-refractivity contribution in [3.8, 4) is 5.75 Å². The highest BCUT2D eigenvalue weighted by Gasteiger charge is 2.16. The van der Waals surface area contributed by atoms with Crippen molar-refractivity contribution in [2.45, 2.75) is 19.8 Å². The van der Waals surface area contributed by atoms with Crippen LogP contribution in [0.3, 0.4) is 0 Å². The molecule has 0 saturated carbocycles. The molecule has 1 amide bonds. The summed E-state index contributed by atoms with van der Waals surface area (Å²) in [5, 5.41) is 13.7. The number of methoxy groups -OCH3 is 1. The second-order valence-corrected chi connectivity index (χ2v) is 5.53. The summed E-state index contributed by atoms with van der Waals surface area (Å²) in [6.07, 6.45) is -0.521. The minimum Gasteiger partial charge on any atom is -0.550 e. The fourth-order valence-electron chi connectivity index (χ4n) is 2.28. The van der Waals surface area contributed by atoms with Gasteiger partial charge in [0.15, 0.2) is 0 Å². The number of carbonyl (C=O) groups excluding carboxylic acids is 2. The number of hydrogen-bond donors (Lipinski definition) is 1. The van der Waals surface area contributed by atoms with Crippen LogP contribution in [0.5, 0.6) is 5.75 Å². The molecule has 0 saturated heterocycles. The number of hydrogen-bond acceptors (Lipinski definition) is 6. The lowest BCUT2D eigenvalue weighted by Gasteiger charge is -2.10. The Morgan fingerprint density at radius 1 is 1.38 bits per heavy atom. The molecular weight excluding hydrogens is 338 g/mol. The van der Waals surface area contributed by atoms with E-state index in [1.165, 1.54) is 13.2 Å². The highest BCUT2D eigenvalue weighted by molar-refractivity contribution is 6.32. The monoisotopic (exact) mass is 352 g/mol. The largest absolute Gasteiger partial charge is 0.550 e. The fraction of sp³-hybridized carbons (Fsp3) is 0.312. The van der Waals surface area contributed by atoms with Gasteiger partial charge in [0, 0.05) is 30.4 Å². The summed E-state index contributed by atoms with van der Waals surface area (Å²) in [6.45, 7) is 1.62. The number of carboxylic acids is 1. The zero-order valence-corrected chi connectivity index (χ0v) is 13.9. The van der Waals surface area contributed by atoms with E-state index in [1.807, 2.05) is 0 Å². The number of aryl methyl sites for hydroxylation is 1. The van der Waals surface area contributed by atoms with Crippen LogP contribution in [0.1, 0.15) is 17.5 Å². The van der Waals surface area contributed by atoms with E-state index in [-0.39, 0.29) is 24.9 Å². The maximum Gasteiger partial charge on any atom is 0.340 e. The molecule has 0 aliphatic heterocycles. The van der Waals surface area contributed by atoms with Crippen LogP contribution >= 0.6 is 11.6 Å². The number of halogens is 1. The van der Waals surface area contributed by atoms with Crippen LogP contribution < -0.4 is 20.8 Å². The van der Waals surface area contributed by atoms with Crippen molar-refractivity contribution in [3.05, 3.63) is 38.7 Å². The quantitative estimate of drug-likeness (QED) is 0.761. The molecule has 0 aliphatic rings. The van der Waals surface area contributed by atoms with Crippen molar-refractivity contribution in [1.82, 2.24) is 5.32 Å². The molecular formula is C16H15ClNO6-. The Morgan fingerprint density at radius 2 is 2.08 bits per heavy atom. The summed E-state index contributed by atoms with van der Waals surface area (Å²) in [5.74, 6) is -1.37. The van der Waals surface area contributed by atoms with Crippen LogP contribution in [0.15, 0.2) is 21.3 Å². The highest BCUT2D eigenvalue weighted by atomic mass is 35.5. The van der Waals surface area contributed by atoms with Gasteiger partial charge >= 0.3 is 5.63 Å². The van der Waals surface area contributed by atoms with Crippen LogP contribution in [0, 0.1) is 6.92 Å². The van der Waals surface area contributed by atoms with Crippen LogP contribution in [0.4, 0.5) is 0 Å². The zero-order chi connectivity index (χ0) is 17.9. The van der Waals surface area contributed by atoms with Gasteiger partial charge in [-0.1, -0.05) is 11.6 Å². The van der Waals surface area contributed by atoms with Crippen LogP contribution in [0.25, 0.3) is 11.0 Å². The molecule has 0 bridgehead atoms. The summed E-state index contributed by atoms with van der Waals surface area (Å²) >= 11 is 6.09. The second-order valence-electron chi connectivity index (χ2n) is 5.12. The maximum absolute atomic E-state index is 12.1. The van der Waals surface area contributed by atoms with Gasteiger partial charge in [-0.15, -0.1) is 0 Å². The third-order valence-corrected chi connectivity index (χ3v) is 3.84. The molecule has 24 heavy (non-hydrogen) atoms. The lowest BCUT2D eigenvalue weighted by atomic mass is 10.0. The third kappa shape index (κ3) is 3.86. The first-order chi connectivity index (χ1) is 11.3. The van der Waals surface area contributed by atoms with Crippen molar-refractivity contribution in [1.29, 1.82) is 0 Å². The van der Waals surface area contributed by atoms with Crippen LogP contribution in [0.2, 0.25) is 5.02 Å². The van der Waals surface area contributed by atoms with Crippen molar-refractivity contribution in [2.75, 3.05) is 13.7 Å². The molecule has 8 heteroatoms. The third-order valence-electron chi connectivity index (χ3n) is 3.55. The number of rotatable bonds is 6. The molecule has 0 radical (unpaired) electrons. The van der Waals surface area contributed by atoms with E-state index in [1.54, 1.807) is 13.0 Å². The normalized spacial score (nSPS) is 10.6. The number of nitrogens with one attached hydrogen (secondary N) is 1. The first kappa shape index (κ1) is 17.8. The topological polar surface area (TPSA) is 109 Å². The van der Waals surface area contributed by atoms with Crippen molar-refractivity contribution in [2.24, 2.45) is 0 Å². The lowest BCUT2D eigenvalue weighted by molar-refractivity contribution is -0.305. The summed E-state index contributed by atoms with van der Waals surface area (Å²) in [4.78, 5) is 34.3. The Morgan fingerprint density at radius 3 is 2.71 bits per heavy atom. The van der Waals surface area contributed by atoms with E-state index >= 15 is 0 Å². The van der Waals surface area contributed by atoms with Crippen LogP contribution in [-0.4, -0.2) is 25.5 Å². The Bertz CT molecular complexity index is 858. The van der Waals surface area contributed by atoms with Gasteiger partial charge in [-0.05, 0) is 18.6 Å². The number of carboxylic acid groups (broad SMARTS) is 1. The predicted octanol–water partition coefficient (Wildman–Crippen LogP) is 0.562. The van der Waals surface area contributed by atoms with Gasteiger partial charge in [-0.2, -0.15) is 0 Å². The van der Waals surface area contributed by atoms with E-state index in [0.717, 1.165) is 0 Å². The molecule has 0 fully saturated rings. The Labute approximate surface area is 142 Å². The molecule has 0 unspecified atom stereocenters. The number of ether oxygens (including phenoxy) is 1. The number of amides is 1. The molecule has 1 N–H and O–H groups in total. The average Bonchev–Trinajstić information content (AvgIpc) is 2.51. The minimum absolute atomic E-state index is 0.0673. The molecule has 2 aromatic rings. The van der Waals surface area contributed by atoms with Gasteiger partial charge in [-0.3, -0.25) is 4.79 Å². The second kappa shape index (κ2) is 7.35. The smallest absolute Gasteiger partial charge is 0.340 e. The molecule has 7 nitrogen and oxygen atoms in total. The fourth-order valence-corrected chi connectivity index (χ4v) is 2.52. The highest BCUT2D eigenvalue weighted by Crippen LogP contribution is 2.31. The Kier molecular flexibility index (Phi) is 5.46. The molecule has 1 aromatic carbocycles. The zero-order valence-electron chi connectivity index (χ0n) is 13.1. The van der Waals surface area contributed by atoms with Crippen molar-refractivity contribution in [3.63, 3.8) is 0 Å². The summed E-state index contributed by atoms with van der Waals surface area (Å²) in [6, 6.07) is 3.11. The van der Waals surface area contributed by atoms with Gasteiger partial charge in [-0.25, -0.2) is 4.79 Å². The van der Waals surface area contributed by atoms with E-state index in [9.17, 15) is 19.5 Å². The van der Waals surface area contributed by atoms with Crippen LogP contribution in [-0.2, 0) is 16.0 Å². The lowest BCUT2D eigenvalue weighted by Crippen LogP contribution is -2.32. The number of aliphatic carboxylic acids is 1. The van der Waals surface area contributed by atoms with E-state index < -0.39 is 17.5 Å². The molecule has 0 atom stereocenters. The standard InChI is InChI=1S/C16H16ClNO6/c1-8-9-5-11(17)13(23-2)7-12(9)24-16(22)10(8)6-14(19)18-4-3-15(20)21/h5,7H,3-4,6H2,1-2H3,(H,18,19)(H,20,21)/p-1. The first-order valence-electron chi connectivity index (χ1n) is 7.10. The van der Waals surface area contributed by atoms with Gasteiger partial charge in [0.2, 0.25) is 5.91 Å². The number of benzene rings is 1. The van der Waals surface area contributed by atoms with E-state index in [4.69, 9.17) is 20.8 Å². The number of fused-ring (bicyclic) bond motifs is 1. The first-order valence-corrected chi connectivity index (χ1v) is 7.47. The Hall–Kier alpha value is -2.54. The predicted molar refractivity (Wildman–Crippen MR) is 85.1 cm³/mol. The van der Waals surface area contributed by atoms with E-state index in [2.05, 4.69) is 5.32 Å². The van der Waals surface area contributed by atoms with E-state index in [0.29, 0.717) is 27.3 Å². The van der Waals surface area contributed by atoms with Gasteiger partial charge < -0.3 is 24.4 Å². The van der Waals surface area contributed by atoms with Gasteiger partial charge in [0.05, 0.1) is 24.1 Å². The molecule has 0 spiro atoms. The summed E-state index contributed by atoms with van der Waals surface area (Å²) < 4.78 is 10.3. The maximum atomic E-state index is 12.1. The SMILES string of the molecule is COc1cc2oc(=O)c(CC(=O)NCCC(=O)[O-])c(C)c2cc1Cl. The molecule has 0 aliphatic carbocycles. The molecule has 128 valence electrons. The Balaban J connectivity index is 2.32. The van der Waals surface area contributed by atoms with Crippen molar-refractivity contribution < 1.29 is 23.8 Å².